The van der Waals surface area contributed by atoms with Crippen LogP contribution in [0.4, 0.5) is 10.7 Å². The van der Waals surface area contributed by atoms with Crippen molar-refractivity contribution in [2.45, 2.75) is 0 Å². The van der Waals surface area contributed by atoms with Gasteiger partial charge in [0.2, 0.25) is 5.95 Å². The molecular weight excluding hydrogens is 380 g/mol. The first-order chi connectivity index (χ1) is 13.6. The highest BCUT2D eigenvalue weighted by Gasteiger charge is 2.26. The molecule has 3 heterocycles. The Balaban J connectivity index is 1.43. The van der Waals surface area contributed by atoms with Gasteiger partial charge in [0.1, 0.15) is 6.33 Å². The highest BCUT2D eigenvalue weighted by atomic mass is 32.2. The Bertz CT molecular complexity index is 957. The van der Waals surface area contributed by atoms with E-state index in [-0.39, 0.29) is 10.8 Å². The molecule has 0 saturated carbocycles. The Hall–Kier alpha value is -3.27. The average molecular weight is 396 g/mol. The monoisotopic (exact) mass is 396 g/mol. The molecule has 2 aromatic rings. The maximum atomic E-state index is 12.5. The molecule has 0 unspecified atom stereocenters. The van der Waals surface area contributed by atoms with Gasteiger partial charge in [-0.2, -0.15) is 4.98 Å². The number of anilines is 1. The van der Waals surface area contributed by atoms with Crippen LogP contribution in [0.25, 0.3) is 6.08 Å². The van der Waals surface area contributed by atoms with E-state index < -0.39 is 11.1 Å². The molecule has 2 fully saturated rings. The Morgan fingerprint density at radius 1 is 1.07 bits per heavy atom. The molecule has 9 nitrogen and oxygen atoms in total. The standard InChI is InChI=1S/C18H16N6O3S/c25-15-13(28-18(27)22-15)10-14-19-11-20-17(21-14)24-8-6-23(7-9-24)16(26)12-4-2-1-3-5-12/h1-5,10-11H,6-9H2,(H,22,25,27)/b13-10+. The highest BCUT2D eigenvalue weighted by molar-refractivity contribution is 8.18. The van der Waals surface area contributed by atoms with Crippen LogP contribution in [0.3, 0.4) is 0 Å². The summed E-state index contributed by atoms with van der Waals surface area (Å²) in [5, 5.41) is 1.78. The molecule has 4 rings (SSSR count). The molecular formula is C18H16N6O3S. The van der Waals surface area contributed by atoms with Gasteiger partial charge in [0, 0.05) is 37.8 Å². The first-order valence-electron chi connectivity index (χ1n) is 8.63. The van der Waals surface area contributed by atoms with E-state index in [1.807, 2.05) is 35.2 Å². The van der Waals surface area contributed by atoms with Crippen molar-refractivity contribution in [1.82, 2.24) is 25.2 Å². The molecule has 0 radical (unpaired) electrons. The largest absolute Gasteiger partial charge is 0.337 e. The molecule has 142 valence electrons. The summed E-state index contributed by atoms with van der Waals surface area (Å²) in [5.41, 5.74) is 0.673. The van der Waals surface area contributed by atoms with Crippen LogP contribution < -0.4 is 10.2 Å². The number of hydrogen-bond acceptors (Lipinski definition) is 8. The fourth-order valence-corrected chi connectivity index (χ4v) is 3.58. The maximum Gasteiger partial charge on any atom is 0.290 e. The van der Waals surface area contributed by atoms with Crippen LogP contribution >= 0.6 is 11.8 Å². The van der Waals surface area contributed by atoms with Crippen LogP contribution in [0.2, 0.25) is 0 Å². The molecule has 10 heteroatoms. The second-order valence-corrected chi connectivity index (χ2v) is 7.16. The van der Waals surface area contributed by atoms with Crippen LogP contribution in [0, 0.1) is 0 Å². The SMILES string of the molecule is O=C1NC(=O)/C(=C\c2ncnc(N3CCN(C(=O)c4ccccc4)CC3)n2)S1. The summed E-state index contributed by atoms with van der Waals surface area (Å²) in [6, 6.07) is 9.19. The summed E-state index contributed by atoms with van der Waals surface area (Å²) >= 11 is 0.815. The van der Waals surface area contributed by atoms with Crippen LogP contribution in [-0.4, -0.2) is 63.1 Å². The summed E-state index contributed by atoms with van der Waals surface area (Å²) in [6.07, 6.45) is 2.83. The number of amides is 3. The number of rotatable bonds is 3. The number of carbonyl (C=O) groups excluding carboxylic acids is 3. The Morgan fingerprint density at radius 3 is 2.50 bits per heavy atom. The van der Waals surface area contributed by atoms with Crippen LogP contribution in [0.15, 0.2) is 41.6 Å². The molecule has 3 amide bonds. The van der Waals surface area contributed by atoms with E-state index in [1.54, 1.807) is 4.90 Å². The van der Waals surface area contributed by atoms with Gasteiger partial charge in [-0.05, 0) is 23.9 Å². The third-order valence-electron chi connectivity index (χ3n) is 4.35. The molecule has 1 aromatic carbocycles. The van der Waals surface area contributed by atoms with Gasteiger partial charge in [-0.3, -0.25) is 19.7 Å². The number of hydrogen-bond donors (Lipinski definition) is 1. The van der Waals surface area contributed by atoms with Crippen molar-refractivity contribution >= 4 is 40.8 Å². The minimum Gasteiger partial charge on any atom is -0.337 e. The lowest BCUT2D eigenvalue weighted by molar-refractivity contribution is -0.115. The Kier molecular flexibility index (Phi) is 5.02. The van der Waals surface area contributed by atoms with Gasteiger partial charge in [0.15, 0.2) is 5.82 Å². The molecule has 0 aliphatic carbocycles. The maximum absolute atomic E-state index is 12.5. The number of imide groups is 1. The fourth-order valence-electron chi connectivity index (χ4n) is 2.93. The van der Waals surface area contributed by atoms with E-state index in [4.69, 9.17) is 0 Å². The van der Waals surface area contributed by atoms with Gasteiger partial charge in [0.05, 0.1) is 4.91 Å². The number of piperazine rings is 1. The van der Waals surface area contributed by atoms with E-state index >= 15 is 0 Å². The average Bonchev–Trinajstić information content (AvgIpc) is 3.05. The lowest BCUT2D eigenvalue weighted by Crippen LogP contribution is -2.49. The van der Waals surface area contributed by atoms with Crippen LogP contribution in [0.1, 0.15) is 16.2 Å². The van der Waals surface area contributed by atoms with E-state index in [0.717, 1.165) is 11.8 Å². The molecule has 2 aliphatic rings. The van der Waals surface area contributed by atoms with Crippen molar-refractivity contribution in [3.8, 4) is 0 Å². The first kappa shape index (κ1) is 18.1. The zero-order chi connectivity index (χ0) is 19.5. The normalized spacial score (nSPS) is 18.5. The smallest absolute Gasteiger partial charge is 0.290 e. The number of thioether (sulfide) groups is 1. The third-order valence-corrected chi connectivity index (χ3v) is 5.16. The summed E-state index contributed by atoms with van der Waals surface area (Å²) < 4.78 is 0. The van der Waals surface area contributed by atoms with E-state index in [9.17, 15) is 14.4 Å². The zero-order valence-corrected chi connectivity index (χ0v) is 15.6. The lowest BCUT2D eigenvalue weighted by Gasteiger charge is -2.34. The lowest BCUT2D eigenvalue weighted by atomic mass is 10.2. The third kappa shape index (κ3) is 3.86. The highest BCUT2D eigenvalue weighted by Crippen LogP contribution is 2.24. The molecule has 1 N–H and O–H groups in total. The Labute approximate surface area is 164 Å². The Morgan fingerprint density at radius 2 is 1.82 bits per heavy atom. The molecule has 0 atom stereocenters. The zero-order valence-electron chi connectivity index (χ0n) is 14.7. The number of benzene rings is 1. The van der Waals surface area contributed by atoms with Gasteiger partial charge >= 0.3 is 0 Å². The molecule has 28 heavy (non-hydrogen) atoms. The van der Waals surface area contributed by atoms with Gasteiger partial charge < -0.3 is 9.80 Å². The molecule has 2 aliphatic heterocycles. The second-order valence-electron chi connectivity index (χ2n) is 6.14. The van der Waals surface area contributed by atoms with Gasteiger partial charge in [-0.1, -0.05) is 18.2 Å². The fraction of sp³-hybridized carbons (Fsp3) is 0.222. The molecule has 2 saturated heterocycles. The van der Waals surface area contributed by atoms with Crippen molar-refractivity contribution in [2.24, 2.45) is 0 Å². The minimum absolute atomic E-state index is 0.00950. The van der Waals surface area contributed by atoms with E-state index in [2.05, 4.69) is 20.3 Å². The molecule has 1 aromatic heterocycles. The van der Waals surface area contributed by atoms with Crippen molar-refractivity contribution in [2.75, 3.05) is 31.1 Å². The van der Waals surface area contributed by atoms with Crippen molar-refractivity contribution < 1.29 is 14.4 Å². The summed E-state index contributed by atoms with van der Waals surface area (Å²) in [6.45, 7) is 2.30. The van der Waals surface area contributed by atoms with Crippen LogP contribution in [-0.2, 0) is 4.79 Å². The predicted molar refractivity (Wildman–Crippen MR) is 103 cm³/mol. The topological polar surface area (TPSA) is 108 Å². The summed E-state index contributed by atoms with van der Waals surface area (Å²) in [7, 11) is 0. The number of nitrogens with zero attached hydrogens (tertiary/aromatic N) is 5. The quantitative estimate of drug-likeness (QED) is 0.770. The molecule has 0 bridgehead atoms. The summed E-state index contributed by atoms with van der Waals surface area (Å²) in [5.74, 6) is 0.337. The number of carbonyl (C=O) groups is 3. The van der Waals surface area contributed by atoms with E-state index in [1.165, 1.54) is 12.4 Å². The minimum atomic E-state index is -0.454. The first-order valence-corrected chi connectivity index (χ1v) is 9.45. The van der Waals surface area contributed by atoms with E-state index in [0.29, 0.717) is 43.5 Å². The van der Waals surface area contributed by atoms with Crippen molar-refractivity contribution in [3.63, 3.8) is 0 Å². The van der Waals surface area contributed by atoms with Crippen LogP contribution in [0.5, 0.6) is 0 Å². The summed E-state index contributed by atoms with van der Waals surface area (Å²) in [4.78, 5) is 52.1. The van der Waals surface area contributed by atoms with Gasteiger partial charge in [-0.25, -0.2) is 9.97 Å². The second kappa shape index (κ2) is 7.77. The number of nitrogens with one attached hydrogen (secondary N) is 1. The van der Waals surface area contributed by atoms with Gasteiger partial charge in [0.25, 0.3) is 17.1 Å². The van der Waals surface area contributed by atoms with Crippen molar-refractivity contribution in [1.29, 1.82) is 0 Å². The predicted octanol–water partition coefficient (Wildman–Crippen LogP) is 1.16. The number of aromatic nitrogens is 3. The molecule has 0 spiro atoms. The van der Waals surface area contributed by atoms with Gasteiger partial charge in [-0.15, -0.1) is 0 Å². The van der Waals surface area contributed by atoms with Crippen molar-refractivity contribution in [3.05, 3.63) is 53.0 Å².